The van der Waals surface area contributed by atoms with Gasteiger partial charge in [0.15, 0.2) is 22.9 Å². The molecule has 4 aromatic rings. The third-order valence-corrected chi connectivity index (χ3v) is 7.02. The number of fused-ring (bicyclic) bond motifs is 3. The molecule has 7 heteroatoms. The highest BCUT2D eigenvalue weighted by molar-refractivity contribution is 5.99. The van der Waals surface area contributed by atoms with Gasteiger partial charge in [0.2, 0.25) is 0 Å². The molecule has 0 spiro atoms. The van der Waals surface area contributed by atoms with Crippen molar-refractivity contribution in [1.29, 1.82) is 0 Å². The van der Waals surface area contributed by atoms with Crippen LogP contribution in [0.4, 0.5) is 0 Å². The molecule has 0 bridgehead atoms. The van der Waals surface area contributed by atoms with Crippen molar-refractivity contribution in [3.05, 3.63) is 76.7 Å². The van der Waals surface area contributed by atoms with E-state index in [0.717, 1.165) is 22.5 Å². The number of methoxy groups -OCH3 is 3. The maximum absolute atomic E-state index is 13.2. The Hall–Kier alpha value is -3.71. The first-order valence-electron chi connectivity index (χ1n) is 12.2. The predicted molar refractivity (Wildman–Crippen MR) is 138 cm³/mol. The lowest BCUT2D eigenvalue weighted by atomic mass is 9.81. The van der Waals surface area contributed by atoms with E-state index in [-0.39, 0.29) is 11.7 Å². The summed E-state index contributed by atoms with van der Waals surface area (Å²) >= 11 is 0. The number of ether oxygens (including phenoxy) is 3. The lowest BCUT2D eigenvalue weighted by Gasteiger charge is -2.24. The van der Waals surface area contributed by atoms with Crippen LogP contribution in [0.3, 0.4) is 0 Å². The summed E-state index contributed by atoms with van der Waals surface area (Å²) in [5.74, 6) is 1.93. The Balaban J connectivity index is 1.63. The minimum absolute atomic E-state index is 0.0939. The molecule has 0 saturated carbocycles. The van der Waals surface area contributed by atoms with Gasteiger partial charge in [-0.15, -0.1) is 0 Å². The van der Waals surface area contributed by atoms with Crippen molar-refractivity contribution in [2.75, 3.05) is 21.3 Å². The number of benzene rings is 2. The first-order chi connectivity index (χ1) is 17.4. The highest BCUT2D eigenvalue weighted by Gasteiger charge is 2.30. The van der Waals surface area contributed by atoms with Crippen molar-refractivity contribution in [2.45, 2.75) is 45.1 Å². The van der Waals surface area contributed by atoms with Crippen molar-refractivity contribution >= 4 is 11.4 Å². The number of rotatable bonds is 7. The largest absolute Gasteiger partial charge is 0.493 e. The molecule has 0 fully saturated rings. The summed E-state index contributed by atoms with van der Waals surface area (Å²) in [6, 6.07) is 14.4. The number of carbonyl (C=O) groups excluding carboxylic acids is 1. The minimum Gasteiger partial charge on any atom is -0.493 e. The van der Waals surface area contributed by atoms with E-state index in [1.165, 1.54) is 11.1 Å². The first-order valence-corrected chi connectivity index (χ1v) is 12.2. The number of hydrogen-bond donors (Lipinski definition) is 0. The quantitative estimate of drug-likeness (QED) is 0.339. The predicted octanol–water partition coefficient (Wildman–Crippen LogP) is 5.60. The second-order valence-corrected chi connectivity index (χ2v) is 9.53. The fourth-order valence-electron chi connectivity index (χ4n) is 5.06. The molecule has 2 heterocycles. The number of Topliss-reactive ketones (excluding diaryl/α,β-unsaturated/α-hetero) is 1. The number of hydrogen-bond acceptors (Lipinski definition) is 6. The number of aromatic nitrogens is 3. The van der Waals surface area contributed by atoms with Gasteiger partial charge in [-0.1, -0.05) is 44.2 Å². The van der Waals surface area contributed by atoms with E-state index in [9.17, 15) is 4.79 Å². The third-order valence-electron chi connectivity index (χ3n) is 7.02. The number of nitrogens with zero attached hydrogens (tertiary/aromatic N) is 3. The topological polar surface area (TPSA) is 75.0 Å². The molecule has 2 aromatic carbocycles. The lowest BCUT2D eigenvalue weighted by molar-refractivity contribution is 0.0962. The summed E-state index contributed by atoms with van der Waals surface area (Å²) < 4.78 is 18.3. The highest BCUT2D eigenvalue weighted by atomic mass is 16.5. The third kappa shape index (κ3) is 4.13. The normalized spacial score (nSPS) is 15.4. The second kappa shape index (κ2) is 9.74. The van der Waals surface area contributed by atoms with Gasteiger partial charge in [-0.25, -0.2) is 9.50 Å². The maximum atomic E-state index is 13.2. The SMILES string of the molecule is COCc1nn2c3c(cnc2c1-c1ccc(OC)c(OC)c1)C(=O)CC(c1ccc(C(C)C)cc1)C3. The molecular formula is C29H31N3O4. The van der Waals surface area contributed by atoms with Crippen LogP contribution < -0.4 is 9.47 Å². The van der Waals surface area contributed by atoms with E-state index in [4.69, 9.17) is 24.3 Å². The van der Waals surface area contributed by atoms with Gasteiger partial charge in [0.25, 0.3) is 0 Å². The Kier molecular flexibility index (Phi) is 6.49. The van der Waals surface area contributed by atoms with Crippen molar-refractivity contribution in [1.82, 2.24) is 14.6 Å². The van der Waals surface area contributed by atoms with E-state index in [1.807, 2.05) is 22.7 Å². The molecule has 5 rings (SSSR count). The van der Waals surface area contributed by atoms with Gasteiger partial charge in [0.05, 0.1) is 43.3 Å². The molecule has 7 nitrogen and oxygen atoms in total. The molecule has 0 saturated heterocycles. The molecule has 0 radical (unpaired) electrons. The molecule has 186 valence electrons. The average molecular weight is 486 g/mol. The molecule has 0 aliphatic heterocycles. The van der Waals surface area contributed by atoms with E-state index in [2.05, 4.69) is 38.1 Å². The first kappa shape index (κ1) is 24.0. The molecule has 1 unspecified atom stereocenters. The van der Waals surface area contributed by atoms with E-state index in [1.54, 1.807) is 27.5 Å². The molecular weight excluding hydrogens is 454 g/mol. The van der Waals surface area contributed by atoms with E-state index >= 15 is 0 Å². The molecule has 0 N–H and O–H groups in total. The van der Waals surface area contributed by atoms with Gasteiger partial charge in [-0.05, 0) is 47.1 Å². The number of ketones is 1. The molecule has 0 amide bonds. The second-order valence-electron chi connectivity index (χ2n) is 9.53. The maximum Gasteiger partial charge on any atom is 0.166 e. The summed E-state index contributed by atoms with van der Waals surface area (Å²) in [6.45, 7) is 4.69. The van der Waals surface area contributed by atoms with E-state index in [0.29, 0.717) is 48.1 Å². The van der Waals surface area contributed by atoms with Crippen molar-refractivity contribution in [3.63, 3.8) is 0 Å². The van der Waals surface area contributed by atoms with Crippen LogP contribution in [0.15, 0.2) is 48.7 Å². The van der Waals surface area contributed by atoms with Gasteiger partial charge in [0, 0.05) is 19.7 Å². The van der Waals surface area contributed by atoms with Crippen molar-refractivity contribution in [2.24, 2.45) is 0 Å². The Morgan fingerprint density at radius 3 is 2.42 bits per heavy atom. The summed E-state index contributed by atoms with van der Waals surface area (Å²) in [5.41, 5.74) is 7.19. The highest BCUT2D eigenvalue weighted by Crippen LogP contribution is 2.38. The Labute approximate surface area is 211 Å². The van der Waals surface area contributed by atoms with Crippen LogP contribution in [-0.2, 0) is 17.8 Å². The molecule has 36 heavy (non-hydrogen) atoms. The van der Waals surface area contributed by atoms with Crippen molar-refractivity contribution < 1.29 is 19.0 Å². The number of carbonyl (C=O) groups is 1. The van der Waals surface area contributed by atoms with Crippen LogP contribution in [0.2, 0.25) is 0 Å². The van der Waals surface area contributed by atoms with E-state index < -0.39 is 0 Å². The zero-order chi connectivity index (χ0) is 25.4. The standard InChI is InChI=1S/C29H31N3O4/c1-17(2)18-6-8-19(9-7-18)21-12-24-22(25(33)13-21)15-30-29-28(23(16-34-3)31-32(24)29)20-10-11-26(35-4)27(14-20)36-5/h6-11,14-15,17,21H,12-13,16H2,1-5H3. The van der Waals surface area contributed by atoms with Crippen LogP contribution >= 0.6 is 0 Å². The average Bonchev–Trinajstić information content (AvgIpc) is 3.27. The van der Waals surface area contributed by atoms with Crippen LogP contribution in [-0.4, -0.2) is 41.7 Å². The Bertz CT molecular complexity index is 1420. The molecule has 1 atom stereocenters. The van der Waals surface area contributed by atoms with Gasteiger partial charge in [-0.2, -0.15) is 5.10 Å². The Morgan fingerprint density at radius 1 is 1.00 bits per heavy atom. The van der Waals surface area contributed by atoms with Crippen LogP contribution in [0, 0.1) is 0 Å². The van der Waals surface area contributed by atoms with Gasteiger partial charge >= 0.3 is 0 Å². The molecule has 1 aliphatic carbocycles. The van der Waals surface area contributed by atoms with Crippen LogP contribution in [0.5, 0.6) is 11.5 Å². The smallest absolute Gasteiger partial charge is 0.166 e. The van der Waals surface area contributed by atoms with Gasteiger partial charge in [-0.3, -0.25) is 4.79 Å². The zero-order valence-electron chi connectivity index (χ0n) is 21.4. The van der Waals surface area contributed by atoms with Crippen LogP contribution in [0.25, 0.3) is 16.8 Å². The summed E-state index contributed by atoms with van der Waals surface area (Å²) in [5, 5.41) is 4.89. The summed E-state index contributed by atoms with van der Waals surface area (Å²) in [7, 11) is 4.87. The summed E-state index contributed by atoms with van der Waals surface area (Å²) in [4.78, 5) is 17.9. The zero-order valence-corrected chi connectivity index (χ0v) is 21.4. The monoisotopic (exact) mass is 485 g/mol. The van der Waals surface area contributed by atoms with Crippen LogP contribution in [0.1, 0.15) is 65.0 Å². The molecule has 1 aliphatic rings. The van der Waals surface area contributed by atoms with Gasteiger partial charge in [0.1, 0.15) is 0 Å². The van der Waals surface area contributed by atoms with Crippen molar-refractivity contribution in [3.8, 4) is 22.6 Å². The van der Waals surface area contributed by atoms with Gasteiger partial charge < -0.3 is 14.2 Å². The lowest BCUT2D eigenvalue weighted by Crippen LogP contribution is -2.22. The fourth-order valence-corrected chi connectivity index (χ4v) is 5.06. The summed E-state index contributed by atoms with van der Waals surface area (Å²) in [6.07, 6.45) is 2.88. The minimum atomic E-state index is 0.0939. The Morgan fingerprint density at radius 2 is 1.75 bits per heavy atom. The fraction of sp³-hybridized carbons (Fsp3) is 0.345. The molecule has 2 aromatic heterocycles.